The van der Waals surface area contributed by atoms with Gasteiger partial charge < -0.3 is 20.4 Å². The van der Waals surface area contributed by atoms with Crippen molar-refractivity contribution in [3.8, 4) is 0 Å². The van der Waals surface area contributed by atoms with E-state index in [2.05, 4.69) is 16.0 Å². The maximum absolute atomic E-state index is 13.1. The average molecular weight is 546 g/mol. The fraction of sp³-hybridized carbons (Fsp3) is 0.0690. The Bertz CT molecular complexity index is 1440. The van der Waals surface area contributed by atoms with Gasteiger partial charge in [-0.3, -0.25) is 14.4 Å². The molecule has 0 spiro atoms. The third-order valence-electron chi connectivity index (χ3n) is 5.28. The van der Waals surface area contributed by atoms with Crippen molar-refractivity contribution in [3.63, 3.8) is 0 Å². The Hall–Kier alpha value is -4.27. The summed E-state index contributed by atoms with van der Waals surface area (Å²) in [5, 5.41) is 8.36. The minimum Gasteiger partial charge on any atom is -0.465 e. The van der Waals surface area contributed by atoms with Crippen LogP contribution in [0, 0.1) is 0 Å². The normalized spacial score (nSPS) is 11.9. The van der Waals surface area contributed by atoms with Crippen LogP contribution in [0.15, 0.2) is 112 Å². The molecule has 0 saturated heterocycles. The molecule has 1 heterocycles. The highest BCUT2D eigenvalue weighted by atomic mass is 35.5. The Morgan fingerprint density at radius 1 is 0.868 bits per heavy atom. The third-order valence-corrected chi connectivity index (χ3v) is 6.73. The molecule has 0 aliphatic heterocycles. The van der Waals surface area contributed by atoms with Crippen molar-refractivity contribution in [2.75, 3.05) is 10.6 Å². The summed E-state index contributed by atoms with van der Waals surface area (Å²) in [5.74, 6) is -0.699. The van der Waals surface area contributed by atoms with E-state index in [4.69, 9.17) is 16.0 Å². The fourth-order valence-electron chi connectivity index (χ4n) is 3.33. The molecule has 1 aromatic heterocycles. The topological polar surface area (TPSA) is 100 Å². The number of thioether (sulfide) groups is 1. The molecule has 3 N–H and O–H groups in total. The summed E-state index contributed by atoms with van der Waals surface area (Å²) >= 11 is 7.50. The standard InChI is InChI=1S/C29H24ClN3O4S/c1-19(27(34)32-25-12-6-5-11-24(25)30)38-23-15-13-21(14-16-23)31-29(36)26(18-22-10-7-17-37-22)33-28(35)20-8-3-2-4-9-20/h2-19H,1H3,(H,31,36)(H,32,34)(H,33,35)/b26-18-. The summed E-state index contributed by atoms with van der Waals surface area (Å²) in [6, 6.07) is 26.1. The second kappa shape index (κ2) is 12.8. The Kier molecular flexibility index (Phi) is 9.02. The van der Waals surface area contributed by atoms with E-state index in [0.717, 1.165) is 4.90 Å². The summed E-state index contributed by atoms with van der Waals surface area (Å²) in [6.45, 7) is 1.80. The van der Waals surface area contributed by atoms with Crippen molar-refractivity contribution < 1.29 is 18.8 Å². The molecule has 0 saturated carbocycles. The molecule has 0 radical (unpaired) electrons. The minimum atomic E-state index is -0.515. The van der Waals surface area contributed by atoms with Crippen LogP contribution in [0.4, 0.5) is 11.4 Å². The van der Waals surface area contributed by atoms with E-state index < -0.39 is 11.8 Å². The Balaban J connectivity index is 1.40. The average Bonchev–Trinajstić information content (AvgIpc) is 3.44. The molecule has 0 fully saturated rings. The summed E-state index contributed by atoms with van der Waals surface area (Å²) < 4.78 is 5.32. The van der Waals surface area contributed by atoms with E-state index in [1.54, 1.807) is 97.9 Å². The van der Waals surface area contributed by atoms with Gasteiger partial charge in [-0.25, -0.2) is 0 Å². The second-order valence-corrected chi connectivity index (χ2v) is 9.92. The summed E-state index contributed by atoms with van der Waals surface area (Å²) in [7, 11) is 0. The van der Waals surface area contributed by atoms with Gasteiger partial charge in [0.25, 0.3) is 11.8 Å². The predicted molar refractivity (Wildman–Crippen MR) is 151 cm³/mol. The smallest absolute Gasteiger partial charge is 0.272 e. The van der Waals surface area contributed by atoms with E-state index in [9.17, 15) is 14.4 Å². The number of anilines is 2. The van der Waals surface area contributed by atoms with Crippen LogP contribution >= 0.6 is 23.4 Å². The lowest BCUT2D eigenvalue weighted by atomic mass is 10.2. The van der Waals surface area contributed by atoms with Gasteiger partial charge in [0.2, 0.25) is 5.91 Å². The number of carbonyl (C=O) groups excluding carboxylic acids is 3. The maximum Gasteiger partial charge on any atom is 0.272 e. The summed E-state index contributed by atoms with van der Waals surface area (Å²) in [4.78, 5) is 39.1. The molecular weight excluding hydrogens is 522 g/mol. The van der Waals surface area contributed by atoms with E-state index in [1.807, 2.05) is 0 Å². The van der Waals surface area contributed by atoms with Crippen LogP contribution in [0.25, 0.3) is 6.08 Å². The lowest BCUT2D eigenvalue weighted by Crippen LogP contribution is -2.30. The number of para-hydroxylation sites is 1. The number of furan rings is 1. The number of hydrogen-bond acceptors (Lipinski definition) is 5. The van der Waals surface area contributed by atoms with Crippen molar-refractivity contribution in [3.05, 3.63) is 119 Å². The number of halogens is 1. The molecule has 38 heavy (non-hydrogen) atoms. The van der Waals surface area contributed by atoms with Crippen LogP contribution in [-0.4, -0.2) is 23.0 Å². The van der Waals surface area contributed by atoms with Gasteiger partial charge in [0.1, 0.15) is 11.5 Å². The minimum absolute atomic E-state index is 0.0251. The fourth-order valence-corrected chi connectivity index (χ4v) is 4.38. The Morgan fingerprint density at radius 2 is 1.58 bits per heavy atom. The van der Waals surface area contributed by atoms with Gasteiger partial charge in [-0.05, 0) is 67.6 Å². The molecular formula is C29H24ClN3O4S. The zero-order valence-corrected chi connectivity index (χ0v) is 21.9. The lowest BCUT2D eigenvalue weighted by molar-refractivity contribution is -0.115. The SMILES string of the molecule is CC(Sc1ccc(NC(=O)/C(=C/c2ccco2)NC(=O)c2ccccc2)cc1)C(=O)Nc1ccccc1Cl. The quantitative estimate of drug-likeness (QED) is 0.165. The Labute approximate surface area is 229 Å². The molecule has 9 heteroatoms. The number of hydrogen-bond donors (Lipinski definition) is 3. The van der Waals surface area contributed by atoms with Gasteiger partial charge in [0.05, 0.1) is 22.2 Å². The Morgan fingerprint density at radius 3 is 2.26 bits per heavy atom. The van der Waals surface area contributed by atoms with Crippen LogP contribution in [0.3, 0.4) is 0 Å². The first-order valence-corrected chi connectivity index (χ1v) is 12.9. The van der Waals surface area contributed by atoms with E-state index in [0.29, 0.717) is 27.7 Å². The summed E-state index contributed by atoms with van der Waals surface area (Å²) in [5.41, 5.74) is 1.52. The number of nitrogens with one attached hydrogen (secondary N) is 3. The van der Waals surface area contributed by atoms with Crippen LogP contribution in [-0.2, 0) is 9.59 Å². The van der Waals surface area contributed by atoms with Crippen LogP contribution in [0.5, 0.6) is 0 Å². The van der Waals surface area contributed by atoms with Crippen LogP contribution in [0.1, 0.15) is 23.0 Å². The van der Waals surface area contributed by atoms with E-state index in [1.165, 1.54) is 24.1 Å². The molecule has 0 aliphatic carbocycles. The van der Waals surface area contributed by atoms with Crippen molar-refractivity contribution in [1.29, 1.82) is 0 Å². The molecule has 192 valence electrons. The van der Waals surface area contributed by atoms with E-state index in [-0.39, 0.29) is 16.9 Å². The first-order chi connectivity index (χ1) is 18.4. The van der Waals surface area contributed by atoms with Crippen LogP contribution < -0.4 is 16.0 Å². The molecule has 3 aromatic carbocycles. The van der Waals surface area contributed by atoms with Crippen molar-refractivity contribution in [2.24, 2.45) is 0 Å². The predicted octanol–water partition coefficient (Wildman–Crippen LogP) is 6.46. The lowest BCUT2D eigenvalue weighted by Gasteiger charge is -2.14. The number of rotatable bonds is 9. The zero-order chi connectivity index (χ0) is 26.9. The van der Waals surface area contributed by atoms with Crippen molar-refractivity contribution >= 4 is 58.5 Å². The first-order valence-electron chi connectivity index (χ1n) is 11.6. The second-order valence-electron chi connectivity index (χ2n) is 8.10. The third kappa shape index (κ3) is 7.38. The molecule has 1 unspecified atom stereocenters. The highest BCUT2D eigenvalue weighted by molar-refractivity contribution is 8.00. The van der Waals surface area contributed by atoms with Gasteiger partial charge in [0.15, 0.2) is 0 Å². The highest BCUT2D eigenvalue weighted by Crippen LogP contribution is 2.27. The van der Waals surface area contributed by atoms with Crippen molar-refractivity contribution in [1.82, 2.24) is 5.32 Å². The van der Waals surface area contributed by atoms with Gasteiger partial charge in [-0.2, -0.15) is 0 Å². The molecule has 4 rings (SSSR count). The van der Waals surface area contributed by atoms with Crippen molar-refractivity contribution in [2.45, 2.75) is 17.1 Å². The molecule has 4 aromatic rings. The van der Waals surface area contributed by atoms with Gasteiger partial charge >= 0.3 is 0 Å². The van der Waals surface area contributed by atoms with Gasteiger partial charge in [-0.15, -0.1) is 11.8 Å². The first kappa shape index (κ1) is 26.8. The van der Waals surface area contributed by atoms with E-state index >= 15 is 0 Å². The number of benzene rings is 3. The number of amides is 3. The molecule has 1 atom stereocenters. The monoisotopic (exact) mass is 545 g/mol. The zero-order valence-electron chi connectivity index (χ0n) is 20.3. The molecule has 7 nitrogen and oxygen atoms in total. The van der Waals surface area contributed by atoms with Gasteiger partial charge in [0, 0.05) is 22.2 Å². The molecule has 0 aliphatic rings. The molecule has 3 amide bonds. The maximum atomic E-state index is 13.1. The molecule has 0 bridgehead atoms. The largest absolute Gasteiger partial charge is 0.465 e. The summed E-state index contributed by atoms with van der Waals surface area (Å²) in [6.07, 6.45) is 2.94. The number of carbonyl (C=O) groups is 3. The van der Waals surface area contributed by atoms with Gasteiger partial charge in [-0.1, -0.05) is 41.9 Å². The highest BCUT2D eigenvalue weighted by Gasteiger charge is 2.17. The van der Waals surface area contributed by atoms with Crippen LogP contribution in [0.2, 0.25) is 5.02 Å².